The fraction of sp³-hybridized carbons (Fsp3) is 0.368. The summed E-state index contributed by atoms with van der Waals surface area (Å²) in [6.45, 7) is 3.22. The van der Waals surface area contributed by atoms with Crippen LogP contribution in [0, 0.1) is 6.92 Å². The fourth-order valence-corrected chi connectivity index (χ4v) is 5.78. The Bertz CT molecular complexity index is 1010. The van der Waals surface area contributed by atoms with Gasteiger partial charge in [0, 0.05) is 23.7 Å². The van der Waals surface area contributed by atoms with E-state index in [0.29, 0.717) is 42.4 Å². The maximum Gasteiger partial charge on any atom is 0.337 e. The Balaban J connectivity index is 1.69. The number of amides is 1. The number of carbonyl (C=O) groups excluding carboxylic acids is 2. The smallest absolute Gasteiger partial charge is 0.337 e. The van der Waals surface area contributed by atoms with Gasteiger partial charge in [0.25, 0.3) is 10.0 Å². The molecule has 1 fully saturated rings. The Morgan fingerprint density at radius 1 is 1.21 bits per heavy atom. The molecule has 0 spiro atoms. The number of ether oxygens (including phenoxy) is 2. The lowest BCUT2D eigenvalue weighted by molar-refractivity contribution is -0.115. The standard InChI is InChI=1S/C19H22N2O6S2/c1-13-3-4-14(19(23)26-2)11-16(13)20-17(22)12-15-5-6-18(28-15)29(24,25)21-7-9-27-10-8-21/h3-6,11H,7-10,12H2,1-2H3,(H,20,22). The zero-order valence-corrected chi connectivity index (χ0v) is 17.8. The predicted molar refractivity (Wildman–Crippen MR) is 109 cm³/mol. The van der Waals surface area contributed by atoms with Gasteiger partial charge in [0.2, 0.25) is 5.91 Å². The molecule has 0 saturated carbocycles. The number of hydrogen-bond acceptors (Lipinski definition) is 7. The maximum atomic E-state index is 12.7. The molecule has 1 amide bonds. The van der Waals surface area contributed by atoms with Crippen molar-refractivity contribution in [3.05, 3.63) is 46.3 Å². The van der Waals surface area contributed by atoms with E-state index in [0.717, 1.165) is 16.9 Å². The second-order valence-electron chi connectivity index (χ2n) is 6.48. The first-order chi connectivity index (χ1) is 13.8. The average molecular weight is 439 g/mol. The summed E-state index contributed by atoms with van der Waals surface area (Å²) in [7, 11) is -2.28. The van der Waals surface area contributed by atoms with Gasteiger partial charge in [-0.15, -0.1) is 11.3 Å². The molecule has 1 aromatic heterocycles. The molecule has 2 heterocycles. The van der Waals surface area contributed by atoms with Gasteiger partial charge in [-0.25, -0.2) is 13.2 Å². The summed E-state index contributed by atoms with van der Waals surface area (Å²) in [6, 6.07) is 8.08. The third-order valence-corrected chi connectivity index (χ3v) is 7.92. The molecule has 1 N–H and O–H groups in total. The number of sulfonamides is 1. The number of methoxy groups -OCH3 is 1. The number of nitrogens with zero attached hydrogens (tertiary/aromatic N) is 1. The highest BCUT2D eigenvalue weighted by atomic mass is 32.2. The van der Waals surface area contributed by atoms with Gasteiger partial charge in [-0.3, -0.25) is 4.79 Å². The predicted octanol–water partition coefficient (Wildman–Crippen LogP) is 2.05. The largest absolute Gasteiger partial charge is 0.465 e. The van der Waals surface area contributed by atoms with Gasteiger partial charge in [0.15, 0.2) is 0 Å². The van der Waals surface area contributed by atoms with E-state index >= 15 is 0 Å². The monoisotopic (exact) mass is 438 g/mol. The van der Waals surface area contributed by atoms with E-state index in [4.69, 9.17) is 9.47 Å². The topological polar surface area (TPSA) is 102 Å². The highest BCUT2D eigenvalue weighted by Crippen LogP contribution is 2.26. The molecule has 0 aliphatic carbocycles. The van der Waals surface area contributed by atoms with Crippen molar-refractivity contribution < 1.29 is 27.5 Å². The van der Waals surface area contributed by atoms with Crippen molar-refractivity contribution in [1.29, 1.82) is 0 Å². The first-order valence-corrected chi connectivity index (χ1v) is 11.2. The number of morpholine rings is 1. The van der Waals surface area contributed by atoms with Crippen LogP contribution in [0.1, 0.15) is 20.8 Å². The van der Waals surface area contributed by atoms with Crippen molar-refractivity contribution in [2.75, 3.05) is 38.7 Å². The molecular weight excluding hydrogens is 416 g/mol. The minimum atomic E-state index is -3.57. The Hall–Kier alpha value is -2.27. The van der Waals surface area contributed by atoms with Gasteiger partial charge in [-0.1, -0.05) is 6.07 Å². The van der Waals surface area contributed by atoms with Gasteiger partial charge >= 0.3 is 5.97 Å². The van der Waals surface area contributed by atoms with Crippen LogP contribution in [0.3, 0.4) is 0 Å². The van der Waals surface area contributed by atoms with Gasteiger partial charge in [0.05, 0.1) is 32.3 Å². The zero-order valence-electron chi connectivity index (χ0n) is 16.1. The van der Waals surface area contributed by atoms with Crippen LogP contribution in [0.2, 0.25) is 0 Å². The lowest BCUT2D eigenvalue weighted by Crippen LogP contribution is -2.40. The number of rotatable bonds is 6. The molecule has 29 heavy (non-hydrogen) atoms. The quantitative estimate of drug-likeness (QED) is 0.693. The third kappa shape index (κ3) is 5.02. The number of benzene rings is 1. The van der Waals surface area contributed by atoms with Crippen LogP contribution in [0.25, 0.3) is 0 Å². The maximum absolute atomic E-state index is 12.7. The summed E-state index contributed by atoms with van der Waals surface area (Å²) in [6.07, 6.45) is 0.0329. The van der Waals surface area contributed by atoms with E-state index in [1.54, 1.807) is 24.3 Å². The van der Waals surface area contributed by atoms with Gasteiger partial charge in [0.1, 0.15) is 4.21 Å². The van der Waals surface area contributed by atoms with Crippen molar-refractivity contribution in [2.45, 2.75) is 17.6 Å². The number of aryl methyl sites for hydroxylation is 1. The summed E-state index contributed by atoms with van der Waals surface area (Å²) in [5.74, 6) is -0.788. The number of carbonyl (C=O) groups is 2. The normalized spacial score (nSPS) is 15.1. The van der Waals surface area contributed by atoms with Crippen molar-refractivity contribution in [1.82, 2.24) is 4.31 Å². The minimum absolute atomic E-state index is 0.0329. The number of anilines is 1. The minimum Gasteiger partial charge on any atom is -0.465 e. The Kier molecular flexibility index (Phi) is 6.68. The van der Waals surface area contributed by atoms with Crippen LogP contribution in [0.5, 0.6) is 0 Å². The average Bonchev–Trinajstić information content (AvgIpc) is 3.19. The summed E-state index contributed by atoms with van der Waals surface area (Å²) in [5, 5.41) is 2.77. The van der Waals surface area contributed by atoms with Crippen LogP contribution < -0.4 is 5.32 Å². The second kappa shape index (κ2) is 9.04. The van der Waals surface area contributed by atoms with E-state index in [1.165, 1.54) is 17.5 Å². The third-order valence-electron chi connectivity index (χ3n) is 4.47. The highest BCUT2D eigenvalue weighted by molar-refractivity contribution is 7.91. The van der Waals surface area contributed by atoms with Crippen LogP contribution in [-0.4, -0.2) is 58.0 Å². The SMILES string of the molecule is COC(=O)c1ccc(C)c(NC(=O)Cc2ccc(S(=O)(=O)N3CCOCC3)s2)c1. The van der Waals surface area contributed by atoms with Crippen LogP contribution in [0.15, 0.2) is 34.5 Å². The van der Waals surface area contributed by atoms with Gasteiger partial charge in [-0.2, -0.15) is 4.31 Å². The first kappa shape index (κ1) is 21.4. The lowest BCUT2D eigenvalue weighted by atomic mass is 10.1. The molecule has 0 bridgehead atoms. The molecule has 10 heteroatoms. The molecule has 156 valence electrons. The molecule has 1 aliphatic rings. The van der Waals surface area contributed by atoms with E-state index in [2.05, 4.69) is 5.32 Å². The van der Waals surface area contributed by atoms with Crippen LogP contribution in [0.4, 0.5) is 5.69 Å². The van der Waals surface area contributed by atoms with E-state index in [-0.39, 0.29) is 16.5 Å². The summed E-state index contributed by atoms with van der Waals surface area (Å²) in [4.78, 5) is 24.8. The highest BCUT2D eigenvalue weighted by Gasteiger charge is 2.28. The zero-order chi connectivity index (χ0) is 21.0. The number of hydrogen-bond donors (Lipinski definition) is 1. The fourth-order valence-electron chi connectivity index (χ4n) is 2.86. The van der Waals surface area contributed by atoms with Crippen molar-refractivity contribution in [3.8, 4) is 0 Å². The Morgan fingerprint density at radius 3 is 2.62 bits per heavy atom. The van der Waals surface area contributed by atoms with Crippen LogP contribution >= 0.6 is 11.3 Å². The van der Waals surface area contributed by atoms with Crippen molar-refractivity contribution in [2.24, 2.45) is 0 Å². The van der Waals surface area contributed by atoms with Crippen LogP contribution in [-0.2, 0) is 30.7 Å². The molecule has 3 rings (SSSR count). The van der Waals surface area contributed by atoms with E-state index in [1.807, 2.05) is 6.92 Å². The second-order valence-corrected chi connectivity index (χ2v) is 9.82. The summed E-state index contributed by atoms with van der Waals surface area (Å²) in [5.41, 5.74) is 1.65. The molecular formula is C19H22N2O6S2. The van der Waals surface area contributed by atoms with Crippen molar-refractivity contribution in [3.63, 3.8) is 0 Å². The Labute approximate surface area is 173 Å². The summed E-state index contributed by atoms with van der Waals surface area (Å²) < 4.78 is 36.9. The lowest BCUT2D eigenvalue weighted by Gasteiger charge is -2.25. The number of thiophene rings is 1. The molecule has 0 unspecified atom stereocenters. The molecule has 2 aromatic rings. The number of nitrogens with one attached hydrogen (secondary N) is 1. The molecule has 1 saturated heterocycles. The Morgan fingerprint density at radius 2 is 1.93 bits per heavy atom. The molecule has 1 aliphatic heterocycles. The first-order valence-electron chi connectivity index (χ1n) is 8.96. The number of esters is 1. The van der Waals surface area contributed by atoms with E-state index < -0.39 is 16.0 Å². The van der Waals surface area contributed by atoms with Gasteiger partial charge < -0.3 is 14.8 Å². The molecule has 0 atom stereocenters. The summed E-state index contributed by atoms with van der Waals surface area (Å²) >= 11 is 1.08. The van der Waals surface area contributed by atoms with Crippen molar-refractivity contribution >= 4 is 38.9 Å². The molecule has 0 radical (unpaired) electrons. The van der Waals surface area contributed by atoms with E-state index in [9.17, 15) is 18.0 Å². The molecule has 1 aromatic carbocycles. The molecule has 8 nitrogen and oxygen atoms in total. The van der Waals surface area contributed by atoms with Gasteiger partial charge in [-0.05, 0) is 36.8 Å².